The van der Waals surface area contributed by atoms with E-state index in [0.29, 0.717) is 6.17 Å². The first-order valence-corrected chi connectivity index (χ1v) is 12.1. The molecule has 3 aliphatic heterocycles. The second kappa shape index (κ2) is 9.46. The Bertz CT molecular complexity index is 802. The van der Waals surface area contributed by atoms with Gasteiger partial charge in [0, 0.05) is 32.7 Å². The highest BCUT2D eigenvalue weighted by atomic mass is 31.2. The van der Waals surface area contributed by atoms with Crippen molar-refractivity contribution >= 4 is 26.7 Å². The van der Waals surface area contributed by atoms with Crippen molar-refractivity contribution < 1.29 is 17.3 Å². The number of fused-ring (bicyclic) bond motifs is 1. The number of aromatic nitrogens is 3. The van der Waals surface area contributed by atoms with Gasteiger partial charge in [-0.1, -0.05) is 17.3 Å². The van der Waals surface area contributed by atoms with Crippen molar-refractivity contribution in [2.24, 2.45) is 0 Å². The fraction of sp³-hybridized carbons (Fsp3) is 0.667. The molecular formula is C18H28BF4N6P. The zero-order chi connectivity index (χ0) is 21.1. The number of hydrogen-bond acceptors (Lipinski definition) is 5. The summed E-state index contributed by atoms with van der Waals surface area (Å²) in [7, 11) is -6.81. The van der Waals surface area contributed by atoms with Gasteiger partial charge in [0.2, 0.25) is 8.37 Å². The van der Waals surface area contributed by atoms with Gasteiger partial charge in [-0.05, 0) is 50.7 Å². The summed E-state index contributed by atoms with van der Waals surface area (Å²) >= 11 is 0. The van der Waals surface area contributed by atoms with Crippen LogP contribution >= 0.6 is 8.37 Å². The van der Waals surface area contributed by atoms with Crippen molar-refractivity contribution in [1.82, 2.24) is 29.0 Å². The molecule has 3 aliphatic rings. The summed E-state index contributed by atoms with van der Waals surface area (Å²) in [6.45, 7) is 6.34. The lowest BCUT2D eigenvalue weighted by Gasteiger charge is -2.35. The predicted molar refractivity (Wildman–Crippen MR) is 113 cm³/mol. The SMILES string of the molecule is F[B-](F)(F)F.c1ccc2c(c1)nnn2C1CCCN1[PH+](N1CCCC1)N1CCCC1. The molecule has 0 radical (unpaired) electrons. The average Bonchev–Trinajstić information content (AvgIpc) is 3.49. The fourth-order valence-corrected chi connectivity index (χ4v) is 8.16. The number of halogens is 4. The van der Waals surface area contributed by atoms with Crippen molar-refractivity contribution in [2.75, 3.05) is 32.7 Å². The van der Waals surface area contributed by atoms with Crippen LogP contribution in [0.2, 0.25) is 0 Å². The minimum atomic E-state index is -6.00. The Morgan fingerprint density at radius 3 is 2.00 bits per heavy atom. The van der Waals surface area contributed by atoms with E-state index < -0.39 is 15.6 Å². The fourth-order valence-electron chi connectivity index (χ4n) is 4.74. The van der Waals surface area contributed by atoms with Crippen molar-refractivity contribution in [3.05, 3.63) is 24.3 Å². The minimum Gasteiger partial charge on any atom is -0.418 e. The largest absolute Gasteiger partial charge is 0.673 e. The van der Waals surface area contributed by atoms with Gasteiger partial charge in [0.1, 0.15) is 11.7 Å². The summed E-state index contributed by atoms with van der Waals surface area (Å²) in [4.78, 5) is 0. The van der Waals surface area contributed by atoms with Gasteiger partial charge < -0.3 is 17.3 Å². The third kappa shape index (κ3) is 5.12. The first-order chi connectivity index (χ1) is 14.4. The molecule has 30 heavy (non-hydrogen) atoms. The Labute approximate surface area is 175 Å². The van der Waals surface area contributed by atoms with Crippen LogP contribution in [0.3, 0.4) is 0 Å². The monoisotopic (exact) mass is 446 g/mol. The van der Waals surface area contributed by atoms with Crippen LogP contribution in [-0.2, 0) is 0 Å². The third-order valence-electron chi connectivity index (χ3n) is 5.92. The molecule has 6 nitrogen and oxygen atoms in total. The van der Waals surface area contributed by atoms with E-state index in [1.54, 1.807) is 0 Å². The van der Waals surface area contributed by atoms with Gasteiger partial charge in [0.15, 0.2) is 0 Å². The topological polar surface area (TPSA) is 40.4 Å². The number of rotatable bonds is 4. The second-order valence-electron chi connectivity index (χ2n) is 8.02. The molecule has 166 valence electrons. The molecule has 2 aromatic rings. The van der Waals surface area contributed by atoms with Crippen LogP contribution in [0.15, 0.2) is 24.3 Å². The molecule has 4 heterocycles. The van der Waals surface area contributed by atoms with Crippen LogP contribution in [0, 0.1) is 0 Å². The molecule has 1 aromatic carbocycles. The maximum Gasteiger partial charge on any atom is 0.673 e. The number of nitrogens with zero attached hydrogens (tertiary/aromatic N) is 6. The lowest BCUT2D eigenvalue weighted by Crippen LogP contribution is -2.37. The average molecular weight is 446 g/mol. The summed E-state index contributed by atoms with van der Waals surface area (Å²) in [5, 5.41) is 8.99. The van der Waals surface area contributed by atoms with E-state index in [4.69, 9.17) is 0 Å². The number of benzene rings is 1. The van der Waals surface area contributed by atoms with Gasteiger partial charge in [-0.3, -0.25) is 0 Å². The van der Waals surface area contributed by atoms with Crippen molar-refractivity contribution in [2.45, 2.75) is 44.7 Å². The minimum absolute atomic E-state index is 0.377. The van der Waals surface area contributed by atoms with Crippen LogP contribution in [0.5, 0.6) is 0 Å². The van der Waals surface area contributed by atoms with Gasteiger partial charge in [-0.25, -0.2) is 4.68 Å². The van der Waals surface area contributed by atoms with Crippen LogP contribution in [0.4, 0.5) is 17.3 Å². The van der Waals surface area contributed by atoms with Gasteiger partial charge in [0.05, 0.1) is 5.52 Å². The predicted octanol–water partition coefficient (Wildman–Crippen LogP) is 4.48. The Hall–Kier alpha value is -1.29. The smallest absolute Gasteiger partial charge is 0.418 e. The van der Waals surface area contributed by atoms with E-state index >= 15 is 0 Å². The molecule has 0 saturated carbocycles. The highest BCUT2D eigenvalue weighted by Gasteiger charge is 2.47. The van der Waals surface area contributed by atoms with Crippen molar-refractivity contribution in [3.63, 3.8) is 0 Å². The van der Waals surface area contributed by atoms with E-state index in [1.165, 1.54) is 76.8 Å². The summed E-state index contributed by atoms with van der Waals surface area (Å²) in [5.74, 6) is 0. The third-order valence-corrected chi connectivity index (χ3v) is 8.98. The Morgan fingerprint density at radius 2 is 1.40 bits per heavy atom. The van der Waals surface area contributed by atoms with Gasteiger partial charge in [-0.15, -0.1) is 9.77 Å². The van der Waals surface area contributed by atoms with Crippen LogP contribution in [0.1, 0.15) is 44.7 Å². The van der Waals surface area contributed by atoms with E-state index in [2.05, 4.69) is 53.3 Å². The highest BCUT2D eigenvalue weighted by molar-refractivity contribution is 7.50. The van der Waals surface area contributed by atoms with Crippen LogP contribution in [0.25, 0.3) is 11.0 Å². The van der Waals surface area contributed by atoms with Crippen molar-refractivity contribution in [1.29, 1.82) is 0 Å². The highest BCUT2D eigenvalue weighted by Crippen LogP contribution is 2.56. The van der Waals surface area contributed by atoms with E-state index in [0.717, 1.165) is 5.52 Å². The lowest BCUT2D eigenvalue weighted by molar-refractivity contribution is 0.268. The Kier molecular flexibility index (Phi) is 6.92. The molecule has 0 aliphatic carbocycles. The van der Waals surface area contributed by atoms with Crippen LogP contribution in [-0.4, -0.2) is 69.0 Å². The summed E-state index contributed by atoms with van der Waals surface area (Å²) in [5.41, 5.74) is 2.20. The molecule has 5 rings (SSSR count). The maximum absolute atomic E-state index is 9.75. The Balaban J connectivity index is 0.000000393. The molecular weight excluding hydrogens is 418 g/mol. The molecule has 12 heteroatoms. The molecule has 0 amide bonds. The van der Waals surface area contributed by atoms with Gasteiger partial charge in [-0.2, -0.15) is 9.34 Å². The molecule has 0 bridgehead atoms. The standard InChI is InChI=1S/C18H27N6P.BF4/c1-2-9-17-16(8-1)19-20-24(17)18-10-7-15-23(18)25(21-11-3-4-12-21)22-13-5-6-14-22;2-1(3,4)5/h1-2,8-9,18H,3-7,10-15H2;/q;-1/p+1. The van der Waals surface area contributed by atoms with E-state index in [1.807, 2.05) is 0 Å². The Morgan fingerprint density at radius 1 is 0.833 bits per heavy atom. The zero-order valence-corrected chi connectivity index (χ0v) is 17.9. The molecule has 1 unspecified atom stereocenters. The number of para-hydroxylation sites is 1. The molecule has 0 N–H and O–H groups in total. The summed E-state index contributed by atoms with van der Waals surface area (Å²) in [6, 6.07) is 8.40. The molecule has 3 saturated heterocycles. The number of hydrogen-bond donors (Lipinski definition) is 0. The summed E-state index contributed by atoms with van der Waals surface area (Å²) in [6.07, 6.45) is 8.32. The summed E-state index contributed by atoms with van der Waals surface area (Å²) < 4.78 is 49.6. The zero-order valence-electron chi connectivity index (χ0n) is 16.9. The van der Waals surface area contributed by atoms with E-state index in [9.17, 15) is 17.3 Å². The van der Waals surface area contributed by atoms with Gasteiger partial charge in [0.25, 0.3) is 0 Å². The molecule has 3 fully saturated rings. The second-order valence-corrected chi connectivity index (χ2v) is 10.5. The van der Waals surface area contributed by atoms with Crippen molar-refractivity contribution in [3.8, 4) is 0 Å². The maximum atomic E-state index is 9.75. The quantitative estimate of drug-likeness (QED) is 0.394. The molecule has 1 aromatic heterocycles. The van der Waals surface area contributed by atoms with Gasteiger partial charge >= 0.3 is 7.25 Å². The normalized spacial score (nSPS) is 24.1. The lowest BCUT2D eigenvalue weighted by atomic mass is 10.3. The van der Waals surface area contributed by atoms with Crippen LogP contribution < -0.4 is 0 Å². The van der Waals surface area contributed by atoms with E-state index in [-0.39, 0.29) is 0 Å². The molecule has 0 spiro atoms. The molecule has 1 atom stereocenters. The first kappa shape index (κ1) is 21.9. The first-order valence-electron chi connectivity index (χ1n) is 10.7.